The molecule has 0 bridgehead atoms. The van der Waals surface area contributed by atoms with Crippen LogP contribution in [0.25, 0.3) is 0 Å². The summed E-state index contributed by atoms with van der Waals surface area (Å²) in [4.78, 5) is 35.1. The maximum atomic E-state index is 12.8. The Morgan fingerprint density at radius 2 is 2.15 bits per heavy atom. The molecular weight excluding hydrogens is 351 g/mol. The second-order valence-corrected chi connectivity index (χ2v) is 6.54. The topological polar surface area (TPSA) is 83.9 Å². The van der Waals surface area contributed by atoms with E-state index < -0.39 is 23.5 Å². The standard InChI is InChI=1S/C16H18F3N5O2/c1-9-5-11(21-15(26)20-9)14(25)23(2)6-10-3-4-13-22-12(16(17,18)19)8-24(13)7-10/h5,8,10H,3-4,6-7H2,1-2H3,(H,20,21,26)/t10-/m0/s1. The second-order valence-electron chi connectivity index (χ2n) is 6.54. The maximum absolute atomic E-state index is 12.8. The fourth-order valence-electron chi connectivity index (χ4n) is 3.15. The van der Waals surface area contributed by atoms with E-state index in [-0.39, 0.29) is 11.6 Å². The summed E-state index contributed by atoms with van der Waals surface area (Å²) in [5, 5.41) is 0. The third kappa shape index (κ3) is 3.78. The number of H-pyrrole nitrogens is 1. The first-order chi connectivity index (χ1) is 12.1. The van der Waals surface area contributed by atoms with E-state index in [0.717, 1.165) is 6.20 Å². The Kier molecular flexibility index (Phi) is 4.59. The zero-order valence-electron chi connectivity index (χ0n) is 14.3. The number of nitrogens with zero attached hydrogens (tertiary/aromatic N) is 4. The van der Waals surface area contributed by atoms with Gasteiger partial charge in [0.15, 0.2) is 5.69 Å². The van der Waals surface area contributed by atoms with E-state index in [9.17, 15) is 22.8 Å². The normalized spacial score (nSPS) is 17.0. The Morgan fingerprint density at radius 1 is 1.42 bits per heavy atom. The number of aryl methyl sites for hydroxylation is 2. The first-order valence-corrected chi connectivity index (χ1v) is 8.10. The Labute approximate surface area is 146 Å². The van der Waals surface area contributed by atoms with Gasteiger partial charge in [-0.15, -0.1) is 0 Å². The molecule has 1 atom stereocenters. The van der Waals surface area contributed by atoms with E-state index in [4.69, 9.17) is 0 Å². The van der Waals surface area contributed by atoms with E-state index >= 15 is 0 Å². The van der Waals surface area contributed by atoms with Gasteiger partial charge >= 0.3 is 11.9 Å². The summed E-state index contributed by atoms with van der Waals surface area (Å²) in [6.45, 7) is 2.36. The number of hydrogen-bond acceptors (Lipinski definition) is 4. The van der Waals surface area contributed by atoms with Gasteiger partial charge in [0.05, 0.1) is 0 Å². The lowest BCUT2D eigenvalue weighted by Gasteiger charge is -2.28. The molecule has 1 aliphatic rings. The van der Waals surface area contributed by atoms with Crippen LogP contribution in [0.5, 0.6) is 0 Å². The van der Waals surface area contributed by atoms with E-state index in [1.54, 1.807) is 14.0 Å². The molecule has 3 heterocycles. The summed E-state index contributed by atoms with van der Waals surface area (Å²) < 4.78 is 39.8. The fourth-order valence-corrected chi connectivity index (χ4v) is 3.15. The van der Waals surface area contributed by atoms with Crippen LogP contribution < -0.4 is 5.69 Å². The lowest BCUT2D eigenvalue weighted by atomic mass is 9.99. The number of hydrogen-bond donors (Lipinski definition) is 1. The van der Waals surface area contributed by atoms with Crippen molar-refractivity contribution < 1.29 is 18.0 Å². The highest BCUT2D eigenvalue weighted by atomic mass is 19.4. The predicted octanol–water partition coefficient (Wildman–Crippen LogP) is 1.63. The van der Waals surface area contributed by atoms with Gasteiger partial charge in [0.25, 0.3) is 5.91 Å². The second kappa shape index (κ2) is 6.58. The number of amides is 1. The summed E-state index contributed by atoms with van der Waals surface area (Å²) >= 11 is 0. The molecule has 2 aromatic rings. The third-order valence-corrected chi connectivity index (χ3v) is 4.36. The molecule has 0 fully saturated rings. The first-order valence-electron chi connectivity index (χ1n) is 8.10. The number of aromatic amines is 1. The van der Waals surface area contributed by atoms with Crippen LogP contribution in [0.4, 0.5) is 13.2 Å². The van der Waals surface area contributed by atoms with Gasteiger partial charge in [0.1, 0.15) is 11.5 Å². The molecule has 0 spiro atoms. The average molecular weight is 369 g/mol. The van der Waals surface area contributed by atoms with Crippen molar-refractivity contribution in [3.8, 4) is 0 Å². The monoisotopic (exact) mass is 369 g/mol. The molecule has 1 N–H and O–H groups in total. The van der Waals surface area contributed by atoms with Crippen molar-refractivity contribution in [3.05, 3.63) is 45.7 Å². The summed E-state index contributed by atoms with van der Waals surface area (Å²) in [6, 6.07) is 1.49. The van der Waals surface area contributed by atoms with E-state index in [1.165, 1.54) is 15.5 Å². The van der Waals surface area contributed by atoms with Gasteiger partial charge in [0, 0.05) is 38.4 Å². The molecule has 0 radical (unpaired) electrons. The molecule has 7 nitrogen and oxygen atoms in total. The van der Waals surface area contributed by atoms with Gasteiger partial charge in [-0.2, -0.15) is 18.2 Å². The highest BCUT2D eigenvalue weighted by molar-refractivity contribution is 5.92. The number of halogens is 3. The Hall–Kier alpha value is -2.65. The SMILES string of the molecule is Cc1cc(C(=O)N(C)C[C@@H]2CCc3nc(C(F)(F)F)cn3C2)nc(=O)[nH]1. The number of aromatic nitrogens is 4. The zero-order valence-corrected chi connectivity index (χ0v) is 14.3. The van der Waals surface area contributed by atoms with Crippen molar-refractivity contribution in [1.29, 1.82) is 0 Å². The van der Waals surface area contributed by atoms with Gasteiger partial charge in [-0.1, -0.05) is 0 Å². The van der Waals surface area contributed by atoms with Gasteiger partial charge < -0.3 is 14.5 Å². The molecule has 1 aliphatic heterocycles. The molecule has 26 heavy (non-hydrogen) atoms. The Balaban J connectivity index is 1.69. The van der Waals surface area contributed by atoms with Gasteiger partial charge in [-0.05, 0) is 25.3 Å². The molecular formula is C16H18F3N5O2. The van der Waals surface area contributed by atoms with Crippen molar-refractivity contribution in [2.45, 2.75) is 32.5 Å². The number of imidazole rings is 1. The average Bonchev–Trinajstić information content (AvgIpc) is 2.96. The predicted molar refractivity (Wildman–Crippen MR) is 85.6 cm³/mol. The van der Waals surface area contributed by atoms with Gasteiger partial charge in [-0.25, -0.2) is 9.78 Å². The molecule has 3 rings (SSSR count). The number of rotatable bonds is 3. The van der Waals surface area contributed by atoms with Crippen LogP contribution in [0.2, 0.25) is 0 Å². The first kappa shape index (κ1) is 18.2. The minimum absolute atomic E-state index is 0.00479. The number of nitrogens with one attached hydrogen (secondary N) is 1. The smallest absolute Gasteiger partial charge is 0.340 e. The van der Waals surface area contributed by atoms with Crippen LogP contribution in [0.3, 0.4) is 0 Å². The summed E-state index contributed by atoms with van der Waals surface area (Å²) in [5.74, 6) is 0.0101. The van der Waals surface area contributed by atoms with Crippen molar-refractivity contribution >= 4 is 5.91 Å². The van der Waals surface area contributed by atoms with Crippen molar-refractivity contribution in [3.63, 3.8) is 0 Å². The van der Waals surface area contributed by atoms with Gasteiger partial charge in [0.2, 0.25) is 0 Å². The summed E-state index contributed by atoms with van der Waals surface area (Å²) in [7, 11) is 1.59. The minimum Gasteiger partial charge on any atom is -0.340 e. The van der Waals surface area contributed by atoms with Crippen molar-refractivity contribution in [2.75, 3.05) is 13.6 Å². The number of fused-ring (bicyclic) bond motifs is 1. The highest BCUT2D eigenvalue weighted by Crippen LogP contribution is 2.30. The zero-order chi connectivity index (χ0) is 19.1. The molecule has 0 saturated heterocycles. The van der Waals surface area contributed by atoms with Gasteiger partial charge in [-0.3, -0.25) is 4.79 Å². The number of alkyl halides is 3. The molecule has 2 aromatic heterocycles. The summed E-state index contributed by atoms with van der Waals surface area (Å²) in [6.07, 6.45) is -2.39. The Morgan fingerprint density at radius 3 is 2.81 bits per heavy atom. The van der Waals surface area contributed by atoms with Crippen LogP contribution in [0.15, 0.2) is 17.1 Å². The molecule has 0 unspecified atom stereocenters. The third-order valence-electron chi connectivity index (χ3n) is 4.36. The van der Waals surface area contributed by atoms with E-state index in [0.29, 0.717) is 37.4 Å². The quantitative estimate of drug-likeness (QED) is 0.891. The molecule has 0 aromatic carbocycles. The van der Waals surface area contributed by atoms with Crippen molar-refractivity contribution in [2.24, 2.45) is 5.92 Å². The molecule has 0 aliphatic carbocycles. The van der Waals surface area contributed by atoms with E-state index in [1.807, 2.05) is 0 Å². The fraction of sp³-hybridized carbons (Fsp3) is 0.500. The Bertz CT molecular complexity index is 887. The number of carbonyl (C=O) groups is 1. The molecule has 140 valence electrons. The largest absolute Gasteiger partial charge is 0.434 e. The molecule has 10 heteroatoms. The maximum Gasteiger partial charge on any atom is 0.434 e. The van der Waals surface area contributed by atoms with Crippen LogP contribution in [0.1, 0.15) is 34.1 Å². The van der Waals surface area contributed by atoms with Crippen LogP contribution in [0, 0.1) is 12.8 Å². The lowest BCUT2D eigenvalue weighted by Crippen LogP contribution is -2.36. The number of carbonyl (C=O) groups excluding carboxylic acids is 1. The van der Waals surface area contributed by atoms with Crippen molar-refractivity contribution in [1.82, 2.24) is 24.4 Å². The lowest BCUT2D eigenvalue weighted by molar-refractivity contribution is -0.141. The summed E-state index contributed by atoms with van der Waals surface area (Å²) in [5.41, 5.74) is -0.905. The van der Waals surface area contributed by atoms with Crippen LogP contribution in [-0.4, -0.2) is 43.9 Å². The molecule has 0 saturated carbocycles. The highest BCUT2D eigenvalue weighted by Gasteiger charge is 2.36. The molecule has 1 amide bonds. The van der Waals surface area contributed by atoms with E-state index in [2.05, 4.69) is 15.0 Å². The van der Waals surface area contributed by atoms with Crippen LogP contribution in [-0.2, 0) is 19.1 Å². The minimum atomic E-state index is -4.46. The van der Waals surface area contributed by atoms with Crippen LogP contribution >= 0.6 is 0 Å².